The Morgan fingerprint density at radius 1 is 0.833 bits per heavy atom. The van der Waals surface area contributed by atoms with E-state index in [4.69, 9.17) is 0 Å². The van der Waals surface area contributed by atoms with Gasteiger partial charge < -0.3 is 0 Å². The molecule has 0 fully saturated rings. The van der Waals surface area contributed by atoms with Crippen LogP contribution in [0.1, 0.15) is 25.0 Å². The molecule has 2 rings (SSSR count). The second kappa shape index (κ2) is 6.37. The molecule has 1 heteroatoms. The van der Waals surface area contributed by atoms with Crippen LogP contribution in [0.3, 0.4) is 0 Å². The van der Waals surface area contributed by atoms with Crippen LogP contribution in [0.4, 0.5) is 0 Å². The van der Waals surface area contributed by atoms with Gasteiger partial charge in [-0.25, -0.2) is 0 Å². The molecule has 18 heavy (non-hydrogen) atoms. The van der Waals surface area contributed by atoms with E-state index in [1.807, 2.05) is 0 Å². The van der Waals surface area contributed by atoms with E-state index in [1.165, 1.54) is 24.7 Å². The molecule has 0 atom stereocenters. The average Bonchev–Trinajstić information content (AvgIpc) is 2.34. The van der Waals surface area contributed by atoms with Crippen LogP contribution in [0.2, 0.25) is 0 Å². The van der Waals surface area contributed by atoms with Crippen LogP contribution in [-0.4, -0.2) is 0 Å². The van der Waals surface area contributed by atoms with Crippen LogP contribution in [-0.2, 0) is 6.42 Å². The molecule has 0 unspecified atom stereocenters. The normalized spacial score (nSPS) is 11.1. The topological polar surface area (TPSA) is 0 Å². The Morgan fingerprint density at radius 3 is 1.83 bits per heavy atom. The van der Waals surface area contributed by atoms with E-state index in [0.29, 0.717) is 0 Å². The molecule has 0 aromatic heterocycles. The summed E-state index contributed by atoms with van der Waals surface area (Å²) in [5.41, 5.74) is 2.80. The fourth-order valence-corrected chi connectivity index (χ4v) is 4.03. The molecule has 0 saturated heterocycles. The minimum atomic E-state index is -0.0179. The Kier molecular flexibility index (Phi) is 4.81. The Hall–Kier alpha value is -0.830. The van der Waals surface area contributed by atoms with Crippen molar-refractivity contribution in [3.05, 3.63) is 66.8 Å². The van der Waals surface area contributed by atoms with Gasteiger partial charge >= 0.3 is 121 Å². The monoisotopic (exact) mass is 351 g/mol. The number of benzene rings is 2. The van der Waals surface area contributed by atoms with Gasteiger partial charge in [-0.15, -0.1) is 0 Å². The summed E-state index contributed by atoms with van der Waals surface area (Å²) in [7, 11) is 0. The number of hydrogen-bond donors (Lipinski definition) is 0. The molecule has 0 saturated carbocycles. The Morgan fingerprint density at radius 2 is 1.33 bits per heavy atom. The summed E-state index contributed by atoms with van der Waals surface area (Å²) in [6, 6.07) is 18.2. The first-order valence-electron chi connectivity index (χ1n) is 6.44. The van der Waals surface area contributed by atoms with Gasteiger partial charge in [0.25, 0.3) is 0 Å². The first kappa shape index (κ1) is 13.6. The molecule has 0 bridgehead atoms. The summed E-state index contributed by atoms with van der Waals surface area (Å²) in [5, 5.41) is 0. The van der Waals surface area contributed by atoms with E-state index in [9.17, 15) is 0 Å². The summed E-state index contributed by atoms with van der Waals surface area (Å²) in [5.74, 6) is 0.739. The summed E-state index contributed by atoms with van der Waals surface area (Å²) in [6.45, 7) is 6.68. The first-order chi connectivity index (χ1) is 8.63. The average molecular weight is 351 g/mol. The van der Waals surface area contributed by atoms with Crippen LogP contribution in [0.15, 0.2) is 48.5 Å². The zero-order valence-electron chi connectivity index (χ0n) is 11.3. The van der Waals surface area contributed by atoms with Gasteiger partial charge in [-0.1, -0.05) is 0 Å². The van der Waals surface area contributed by atoms with E-state index in [0.717, 1.165) is 5.92 Å². The van der Waals surface area contributed by atoms with Crippen molar-refractivity contribution < 1.29 is 21.2 Å². The summed E-state index contributed by atoms with van der Waals surface area (Å²) < 4.78 is 3.00. The number of hydrogen-bond acceptors (Lipinski definition) is 0. The molecule has 96 valence electrons. The molecule has 0 N–H and O–H groups in total. The van der Waals surface area contributed by atoms with E-state index >= 15 is 0 Å². The van der Waals surface area contributed by atoms with Gasteiger partial charge in [0.15, 0.2) is 0 Å². The van der Waals surface area contributed by atoms with Crippen molar-refractivity contribution in [3.63, 3.8) is 0 Å². The molecule has 2 aromatic carbocycles. The van der Waals surface area contributed by atoms with E-state index < -0.39 is 0 Å². The molecule has 0 radical (unpaired) electrons. The van der Waals surface area contributed by atoms with Gasteiger partial charge in [-0.3, -0.25) is 0 Å². The molecule has 0 aliphatic rings. The zero-order chi connectivity index (χ0) is 13.0. The number of aryl methyl sites for hydroxylation is 1. The molecule has 0 amide bonds. The van der Waals surface area contributed by atoms with Gasteiger partial charge in [0.2, 0.25) is 0 Å². The Bertz CT molecular complexity index is 480. The van der Waals surface area contributed by atoms with E-state index in [-0.39, 0.29) is 21.2 Å². The van der Waals surface area contributed by atoms with Crippen molar-refractivity contribution >= 4 is 0 Å². The predicted molar refractivity (Wildman–Crippen MR) is 73.6 cm³/mol. The van der Waals surface area contributed by atoms with Crippen LogP contribution < -0.4 is 21.2 Å². The first-order valence-corrected chi connectivity index (χ1v) is 8.59. The third kappa shape index (κ3) is 4.13. The fourth-order valence-electron chi connectivity index (χ4n) is 1.88. The van der Waals surface area contributed by atoms with Crippen molar-refractivity contribution in [2.75, 3.05) is 0 Å². The molecule has 0 spiro atoms. The summed E-state index contributed by atoms with van der Waals surface area (Å²) in [4.78, 5) is 0. The van der Waals surface area contributed by atoms with Crippen molar-refractivity contribution in [3.8, 4) is 0 Å². The minimum absolute atomic E-state index is 0.0179. The van der Waals surface area contributed by atoms with Gasteiger partial charge in [0.05, 0.1) is 0 Å². The van der Waals surface area contributed by atoms with Crippen LogP contribution in [0.25, 0.3) is 0 Å². The zero-order valence-corrected chi connectivity index (χ0v) is 13.4. The van der Waals surface area contributed by atoms with Gasteiger partial charge in [-0.05, 0) is 0 Å². The third-order valence-corrected chi connectivity index (χ3v) is 5.47. The van der Waals surface area contributed by atoms with Crippen LogP contribution in [0.5, 0.6) is 0 Å². The molecule has 0 nitrogen and oxygen atoms in total. The second-order valence-electron chi connectivity index (χ2n) is 5.11. The van der Waals surface area contributed by atoms with Gasteiger partial charge in [-0.2, -0.15) is 0 Å². The molecule has 0 aliphatic heterocycles. The summed E-state index contributed by atoms with van der Waals surface area (Å²) >= 11 is -0.0179. The molecule has 0 heterocycles. The maximum absolute atomic E-state index is 2.31. The second-order valence-corrected chi connectivity index (χ2v) is 8.15. The molecular weight excluding hydrogens is 331 g/mol. The van der Waals surface area contributed by atoms with Gasteiger partial charge in [0, 0.05) is 0 Å². The standard InChI is InChI=1S/C17H20I/c1-13(2)12-15-6-10-17(11-7-15)18-16-8-4-14(3)5-9-16/h4-11,13H,12H2,1-3H3/q-1. The van der Waals surface area contributed by atoms with Crippen LogP contribution in [0, 0.1) is 20.0 Å². The summed E-state index contributed by atoms with van der Waals surface area (Å²) in [6.07, 6.45) is 1.18. The Balaban J connectivity index is 2.04. The van der Waals surface area contributed by atoms with E-state index in [1.54, 1.807) is 0 Å². The SMILES string of the molecule is Cc1ccc([I-]c2ccc(CC(C)C)cc2)cc1. The van der Waals surface area contributed by atoms with Crippen molar-refractivity contribution in [1.29, 1.82) is 0 Å². The molecule has 0 aliphatic carbocycles. The predicted octanol–water partition coefficient (Wildman–Crippen LogP) is 1.32. The number of rotatable bonds is 4. The fraction of sp³-hybridized carbons (Fsp3) is 0.294. The maximum atomic E-state index is 2.31. The number of halogens is 1. The van der Waals surface area contributed by atoms with Crippen molar-refractivity contribution in [2.24, 2.45) is 5.92 Å². The molecular formula is C17H20I-. The quantitative estimate of drug-likeness (QED) is 0.729. The van der Waals surface area contributed by atoms with E-state index in [2.05, 4.69) is 69.3 Å². The Labute approximate surface area is 121 Å². The van der Waals surface area contributed by atoms with Gasteiger partial charge in [0.1, 0.15) is 0 Å². The van der Waals surface area contributed by atoms with Crippen LogP contribution >= 0.6 is 0 Å². The van der Waals surface area contributed by atoms with Crippen molar-refractivity contribution in [2.45, 2.75) is 27.2 Å². The third-order valence-electron chi connectivity index (χ3n) is 2.79. The molecule has 2 aromatic rings. The van der Waals surface area contributed by atoms with Crippen molar-refractivity contribution in [1.82, 2.24) is 0 Å².